The van der Waals surface area contributed by atoms with Crippen molar-refractivity contribution in [3.05, 3.63) is 48.0 Å². The van der Waals surface area contributed by atoms with E-state index in [-0.39, 0.29) is 0 Å². The summed E-state index contributed by atoms with van der Waals surface area (Å²) >= 11 is 0. The number of likely N-dealkylation sites (tertiary alicyclic amines) is 1. The van der Waals surface area contributed by atoms with Crippen molar-refractivity contribution in [3.8, 4) is 0 Å². The molecule has 0 saturated carbocycles. The maximum atomic E-state index is 4.42. The number of rotatable bonds is 6. The summed E-state index contributed by atoms with van der Waals surface area (Å²) < 4.78 is 0. The van der Waals surface area contributed by atoms with E-state index >= 15 is 0 Å². The molecular weight excluding hydrogens is 286 g/mol. The Bertz CT molecular complexity index is 597. The summed E-state index contributed by atoms with van der Waals surface area (Å²) in [5.41, 5.74) is 2.58. The van der Waals surface area contributed by atoms with Gasteiger partial charge in [-0.1, -0.05) is 0 Å². The largest absolute Gasteiger partial charge is 0.347 e. The van der Waals surface area contributed by atoms with Crippen LogP contribution >= 0.6 is 0 Å². The Kier molecular flexibility index (Phi) is 5.18. The predicted octanol–water partition coefficient (Wildman–Crippen LogP) is 2.53. The van der Waals surface area contributed by atoms with E-state index in [1.807, 2.05) is 43.8 Å². The normalized spacial score (nSPS) is 18.3. The first-order valence-electron chi connectivity index (χ1n) is 8.33. The van der Waals surface area contributed by atoms with Crippen LogP contribution in [-0.4, -0.2) is 46.5 Å². The molecule has 0 radical (unpaired) electrons. The Morgan fingerprint density at radius 2 is 1.87 bits per heavy atom. The molecule has 1 fully saturated rings. The molecule has 0 amide bonds. The fourth-order valence-corrected chi connectivity index (χ4v) is 3.21. The van der Waals surface area contributed by atoms with Gasteiger partial charge in [-0.3, -0.25) is 9.88 Å². The topological polar surface area (TPSA) is 45.2 Å². The summed E-state index contributed by atoms with van der Waals surface area (Å²) in [5.74, 6) is 0.768. The monoisotopic (exact) mass is 311 g/mol. The molecule has 0 aliphatic carbocycles. The summed E-state index contributed by atoms with van der Waals surface area (Å²) in [6.07, 6.45) is 12.6. The molecule has 122 valence electrons. The molecule has 2 aromatic rings. The minimum atomic E-state index is 0.664. The Labute approximate surface area is 138 Å². The molecule has 2 aromatic heterocycles. The Morgan fingerprint density at radius 1 is 1.13 bits per heavy atom. The van der Waals surface area contributed by atoms with Crippen LogP contribution in [0.2, 0.25) is 0 Å². The fraction of sp³-hybridized carbons (Fsp3) is 0.500. The second-order valence-electron chi connectivity index (χ2n) is 6.45. The second-order valence-corrected chi connectivity index (χ2v) is 6.45. The van der Waals surface area contributed by atoms with Crippen LogP contribution in [0, 0.1) is 0 Å². The first kappa shape index (κ1) is 15.9. The molecule has 1 saturated heterocycles. The molecule has 0 aromatic carbocycles. The van der Waals surface area contributed by atoms with E-state index in [1.54, 1.807) is 0 Å². The van der Waals surface area contributed by atoms with Crippen molar-refractivity contribution in [1.29, 1.82) is 0 Å². The van der Waals surface area contributed by atoms with Gasteiger partial charge in [-0.25, -0.2) is 9.97 Å². The number of pyridine rings is 1. The van der Waals surface area contributed by atoms with E-state index < -0.39 is 0 Å². The van der Waals surface area contributed by atoms with E-state index in [1.165, 1.54) is 36.9 Å². The summed E-state index contributed by atoms with van der Waals surface area (Å²) in [5, 5.41) is 0. The van der Waals surface area contributed by atoms with Gasteiger partial charge in [0.1, 0.15) is 0 Å². The number of hydrogen-bond donors (Lipinski definition) is 0. The first-order chi connectivity index (χ1) is 11.2. The van der Waals surface area contributed by atoms with Crippen LogP contribution in [0.5, 0.6) is 0 Å². The number of hydrogen-bond acceptors (Lipinski definition) is 5. The Morgan fingerprint density at radius 3 is 2.57 bits per heavy atom. The van der Waals surface area contributed by atoms with Crippen molar-refractivity contribution in [3.63, 3.8) is 0 Å². The summed E-state index contributed by atoms with van der Waals surface area (Å²) in [6.45, 7) is 2.13. The first-order valence-corrected chi connectivity index (χ1v) is 8.33. The lowest BCUT2D eigenvalue weighted by Crippen LogP contribution is -2.29. The van der Waals surface area contributed by atoms with Gasteiger partial charge in [0, 0.05) is 57.0 Å². The molecule has 5 heteroatoms. The number of anilines is 1. The average Bonchev–Trinajstić information content (AvgIpc) is 3.01. The van der Waals surface area contributed by atoms with Gasteiger partial charge >= 0.3 is 0 Å². The number of aromatic nitrogens is 3. The van der Waals surface area contributed by atoms with Gasteiger partial charge in [0.2, 0.25) is 5.95 Å². The van der Waals surface area contributed by atoms with Crippen LogP contribution in [0.1, 0.15) is 30.4 Å². The maximum absolute atomic E-state index is 4.42. The number of nitrogens with zero attached hydrogens (tertiary/aromatic N) is 5. The Hall–Kier alpha value is -2.01. The molecule has 5 nitrogen and oxygen atoms in total. The molecule has 0 spiro atoms. The summed E-state index contributed by atoms with van der Waals surface area (Å²) in [7, 11) is 3.93. The molecule has 0 N–H and O–H groups in total. The van der Waals surface area contributed by atoms with Crippen LogP contribution in [0.3, 0.4) is 0 Å². The van der Waals surface area contributed by atoms with Gasteiger partial charge in [0.25, 0.3) is 0 Å². The van der Waals surface area contributed by atoms with Gasteiger partial charge in [-0.15, -0.1) is 0 Å². The molecule has 23 heavy (non-hydrogen) atoms. The Balaban J connectivity index is 1.56. The van der Waals surface area contributed by atoms with E-state index in [0.29, 0.717) is 6.04 Å². The summed E-state index contributed by atoms with van der Waals surface area (Å²) in [6, 6.07) is 4.90. The van der Waals surface area contributed by atoms with Crippen LogP contribution in [0.4, 0.5) is 5.95 Å². The number of aryl methyl sites for hydroxylation is 1. The minimum absolute atomic E-state index is 0.664. The van der Waals surface area contributed by atoms with Crippen molar-refractivity contribution in [1.82, 2.24) is 19.9 Å². The third-order valence-corrected chi connectivity index (χ3v) is 4.49. The minimum Gasteiger partial charge on any atom is -0.347 e. The molecule has 3 rings (SSSR count). The molecule has 0 unspecified atom stereocenters. The molecule has 3 heterocycles. The van der Waals surface area contributed by atoms with E-state index in [4.69, 9.17) is 0 Å². The molecule has 1 atom stereocenters. The lowest BCUT2D eigenvalue weighted by Gasteiger charge is -2.24. The highest BCUT2D eigenvalue weighted by molar-refractivity contribution is 5.26. The average molecular weight is 311 g/mol. The van der Waals surface area contributed by atoms with Crippen molar-refractivity contribution in [2.45, 2.75) is 38.3 Å². The van der Waals surface area contributed by atoms with Gasteiger partial charge in [-0.2, -0.15) is 0 Å². The standard InChI is InChI=1S/C18H25N5/c1-22(2)18-20-12-16(13-21-18)14-23-11-3-4-17(23)6-5-15-7-9-19-10-8-15/h7-10,12-13,17H,3-6,11,14H2,1-2H3/t17-/m0/s1. The van der Waals surface area contributed by atoms with Crippen molar-refractivity contribution in [2.24, 2.45) is 0 Å². The lowest BCUT2D eigenvalue weighted by atomic mass is 10.0. The van der Waals surface area contributed by atoms with Gasteiger partial charge in [-0.05, 0) is 49.9 Å². The summed E-state index contributed by atoms with van der Waals surface area (Å²) in [4.78, 5) is 17.4. The predicted molar refractivity (Wildman–Crippen MR) is 92.3 cm³/mol. The fourth-order valence-electron chi connectivity index (χ4n) is 3.21. The van der Waals surface area contributed by atoms with Gasteiger partial charge in [0.15, 0.2) is 0 Å². The molecule has 1 aliphatic rings. The van der Waals surface area contributed by atoms with Crippen LogP contribution in [0.15, 0.2) is 36.9 Å². The molecule has 0 bridgehead atoms. The maximum Gasteiger partial charge on any atom is 0.224 e. The smallest absolute Gasteiger partial charge is 0.224 e. The quantitative estimate of drug-likeness (QED) is 0.820. The van der Waals surface area contributed by atoms with Gasteiger partial charge < -0.3 is 4.90 Å². The van der Waals surface area contributed by atoms with Crippen molar-refractivity contribution >= 4 is 5.95 Å². The van der Waals surface area contributed by atoms with E-state index in [9.17, 15) is 0 Å². The van der Waals surface area contributed by atoms with Gasteiger partial charge in [0.05, 0.1) is 0 Å². The van der Waals surface area contributed by atoms with Crippen LogP contribution < -0.4 is 4.90 Å². The SMILES string of the molecule is CN(C)c1ncc(CN2CCC[C@H]2CCc2ccncc2)cn1. The third kappa shape index (κ3) is 4.26. The van der Waals surface area contributed by atoms with Crippen molar-refractivity contribution in [2.75, 3.05) is 25.5 Å². The molecular formula is C18H25N5. The zero-order valence-corrected chi connectivity index (χ0v) is 14.0. The zero-order chi connectivity index (χ0) is 16.1. The van der Waals surface area contributed by atoms with Crippen LogP contribution in [0.25, 0.3) is 0 Å². The zero-order valence-electron chi connectivity index (χ0n) is 14.0. The second kappa shape index (κ2) is 7.51. The third-order valence-electron chi connectivity index (χ3n) is 4.49. The van der Waals surface area contributed by atoms with Crippen LogP contribution in [-0.2, 0) is 13.0 Å². The van der Waals surface area contributed by atoms with E-state index in [2.05, 4.69) is 32.0 Å². The highest BCUT2D eigenvalue weighted by Crippen LogP contribution is 2.23. The van der Waals surface area contributed by atoms with E-state index in [0.717, 1.165) is 18.9 Å². The van der Waals surface area contributed by atoms with Crippen molar-refractivity contribution < 1.29 is 0 Å². The highest BCUT2D eigenvalue weighted by atomic mass is 15.2. The highest BCUT2D eigenvalue weighted by Gasteiger charge is 2.24. The molecule has 1 aliphatic heterocycles. The lowest BCUT2D eigenvalue weighted by molar-refractivity contribution is 0.234.